The molecule has 2 aromatic rings. The maximum absolute atomic E-state index is 12.2. The summed E-state index contributed by atoms with van der Waals surface area (Å²) >= 11 is 0. The lowest BCUT2D eigenvalue weighted by Crippen LogP contribution is -2.23. The number of hydrogen-bond donors (Lipinski definition) is 1. The van der Waals surface area contributed by atoms with Crippen LogP contribution in [-0.4, -0.2) is 31.8 Å². The van der Waals surface area contributed by atoms with Crippen LogP contribution in [-0.2, 0) is 10.0 Å². The number of sulfonamides is 1. The summed E-state index contributed by atoms with van der Waals surface area (Å²) in [5.74, 6) is 0.601. The second-order valence-electron chi connectivity index (χ2n) is 4.12. The first-order chi connectivity index (χ1) is 9.01. The van der Waals surface area contributed by atoms with Crippen LogP contribution in [0.2, 0.25) is 0 Å². The second kappa shape index (κ2) is 5.38. The molecule has 1 heterocycles. The molecule has 0 saturated carbocycles. The Hall–Kier alpha value is -1.92. The molecule has 1 aromatic heterocycles. The molecule has 0 aliphatic rings. The zero-order chi connectivity index (χ0) is 13.9. The Labute approximate surface area is 113 Å². The van der Waals surface area contributed by atoms with Gasteiger partial charge in [0, 0.05) is 20.3 Å². The maximum atomic E-state index is 12.2. The molecule has 0 bridgehead atoms. The van der Waals surface area contributed by atoms with Gasteiger partial charge in [0.25, 0.3) is 0 Å². The lowest BCUT2D eigenvalue weighted by molar-refractivity contribution is 0.521. The van der Waals surface area contributed by atoms with Crippen LogP contribution in [0.5, 0.6) is 0 Å². The molecule has 0 fully saturated rings. The van der Waals surface area contributed by atoms with Crippen molar-refractivity contribution in [3.8, 4) is 0 Å². The first-order valence-electron chi connectivity index (χ1n) is 5.71. The van der Waals surface area contributed by atoms with E-state index in [9.17, 15) is 8.42 Å². The van der Waals surface area contributed by atoms with Crippen LogP contribution in [0.4, 0.5) is 11.5 Å². The van der Waals surface area contributed by atoms with Crippen molar-refractivity contribution in [3.63, 3.8) is 0 Å². The van der Waals surface area contributed by atoms with Gasteiger partial charge >= 0.3 is 0 Å². The molecule has 100 valence electrons. The minimum atomic E-state index is -3.48. The van der Waals surface area contributed by atoms with Crippen LogP contribution < -0.4 is 5.32 Å². The van der Waals surface area contributed by atoms with Crippen LogP contribution in [0.1, 0.15) is 0 Å². The van der Waals surface area contributed by atoms with Crippen LogP contribution in [0.3, 0.4) is 0 Å². The maximum Gasteiger partial charge on any atom is 0.244 e. The zero-order valence-electron chi connectivity index (χ0n) is 10.7. The van der Waals surface area contributed by atoms with Gasteiger partial charge in [0.1, 0.15) is 10.7 Å². The summed E-state index contributed by atoms with van der Waals surface area (Å²) in [5, 5.41) is 3.02. The molecule has 5 nitrogen and oxygen atoms in total. The molecule has 0 saturated heterocycles. The highest BCUT2D eigenvalue weighted by molar-refractivity contribution is 7.89. The SMILES string of the molecule is CN(C)S(=O)(=O)c1ccccc1Nc1ccccn1. The van der Waals surface area contributed by atoms with E-state index in [1.165, 1.54) is 18.4 Å². The number of hydrogen-bond acceptors (Lipinski definition) is 4. The van der Waals surface area contributed by atoms with Gasteiger partial charge in [0.15, 0.2) is 0 Å². The molecule has 0 aliphatic heterocycles. The quantitative estimate of drug-likeness (QED) is 0.929. The van der Waals surface area contributed by atoms with Gasteiger partial charge in [-0.1, -0.05) is 18.2 Å². The van der Waals surface area contributed by atoms with Crippen LogP contribution >= 0.6 is 0 Å². The Morgan fingerprint density at radius 2 is 1.74 bits per heavy atom. The highest BCUT2D eigenvalue weighted by atomic mass is 32.2. The van der Waals surface area contributed by atoms with Gasteiger partial charge in [-0.15, -0.1) is 0 Å². The fourth-order valence-corrected chi connectivity index (χ4v) is 2.61. The van der Waals surface area contributed by atoms with Crippen LogP contribution in [0, 0.1) is 0 Å². The third-order valence-corrected chi connectivity index (χ3v) is 4.45. The van der Waals surface area contributed by atoms with Gasteiger partial charge < -0.3 is 5.32 Å². The van der Waals surface area contributed by atoms with Gasteiger partial charge in [0.05, 0.1) is 5.69 Å². The standard InChI is InChI=1S/C13H15N3O2S/c1-16(2)19(17,18)12-8-4-3-7-11(12)15-13-9-5-6-10-14-13/h3-10H,1-2H3,(H,14,15). The molecule has 1 aromatic carbocycles. The topological polar surface area (TPSA) is 62.3 Å². The monoisotopic (exact) mass is 277 g/mol. The Morgan fingerprint density at radius 1 is 1.05 bits per heavy atom. The van der Waals surface area contributed by atoms with Crippen molar-refractivity contribution < 1.29 is 8.42 Å². The van der Waals surface area contributed by atoms with E-state index in [-0.39, 0.29) is 4.90 Å². The molecule has 0 aliphatic carbocycles. The number of para-hydroxylation sites is 1. The molecule has 19 heavy (non-hydrogen) atoms. The van der Waals surface area contributed by atoms with E-state index in [2.05, 4.69) is 10.3 Å². The lowest BCUT2D eigenvalue weighted by Gasteiger charge is -2.15. The molecule has 0 radical (unpaired) electrons. The minimum Gasteiger partial charge on any atom is -0.339 e. The number of aromatic nitrogens is 1. The molecule has 0 amide bonds. The summed E-state index contributed by atoms with van der Waals surface area (Å²) in [4.78, 5) is 4.35. The van der Waals surface area contributed by atoms with E-state index in [1.807, 2.05) is 6.07 Å². The van der Waals surface area contributed by atoms with Gasteiger partial charge in [-0.3, -0.25) is 0 Å². The van der Waals surface area contributed by atoms with E-state index in [1.54, 1.807) is 42.6 Å². The van der Waals surface area contributed by atoms with E-state index < -0.39 is 10.0 Å². The highest BCUT2D eigenvalue weighted by Crippen LogP contribution is 2.25. The number of rotatable bonds is 4. The summed E-state index contributed by atoms with van der Waals surface area (Å²) in [6, 6.07) is 12.2. The first-order valence-corrected chi connectivity index (χ1v) is 7.15. The number of benzene rings is 1. The van der Waals surface area contributed by atoms with Crippen molar-refractivity contribution in [3.05, 3.63) is 48.7 Å². The number of nitrogens with one attached hydrogen (secondary N) is 1. The molecule has 6 heteroatoms. The van der Waals surface area contributed by atoms with E-state index in [0.29, 0.717) is 11.5 Å². The lowest BCUT2D eigenvalue weighted by atomic mass is 10.3. The van der Waals surface area contributed by atoms with Crippen molar-refractivity contribution in [1.29, 1.82) is 0 Å². The number of pyridine rings is 1. The summed E-state index contributed by atoms with van der Waals surface area (Å²) in [5.41, 5.74) is 0.509. The van der Waals surface area contributed by atoms with Crippen LogP contribution in [0.25, 0.3) is 0 Å². The Morgan fingerprint density at radius 3 is 2.37 bits per heavy atom. The third-order valence-electron chi connectivity index (χ3n) is 2.57. The smallest absolute Gasteiger partial charge is 0.244 e. The van der Waals surface area contributed by atoms with Crippen molar-refractivity contribution in [2.75, 3.05) is 19.4 Å². The van der Waals surface area contributed by atoms with E-state index >= 15 is 0 Å². The summed E-state index contributed by atoms with van der Waals surface area (Å²) in [6.07, 6.45) is 1.64. The second-order valence-corrected chi connectivity index (χ2v) is 6.24. The Kier molecular flexibility index (Phi) is 3.82. The predicted molar refractivity (Wildman–Crippen MR) is 74.8 cm³/mol. The predicted octanol–water partition coefficient (Wildman–Crippen LogP) is 2.08. The number of nitrogens with zero attached hydrogens (tertiary/aromatic N) is 2. The molecule has 0 atom stereocenters. The van der Waals surface area contributed by atoms with E-state index in [0.717, 1.165) is 0 Å². The van der Waals surface area contributed by atoms with E-state index in [4.69, 9.17) is 0 Å². The zero-order valence-corrected chi connectivity index (χ0v) is 11.6. The summed E-state index contributed by atoms with van der Waals surface area (Å²) in [7, 11) is -0.471. The van der Waals surface area contributed by atoms with Crippen LogP contribution in [0.15, 0.2) is 53.6 Å². The fraction of sp³-hybridized carbons (Fsp3) is 0.154. The summed E-state index contributed by atoms with van der Waals surface area (Å²) < 4.78 is 25.6. The van der Waals surface area contributed by atoms with Crippen molar-refractivity contribution in [2.45, 2.75) is 4.90 Å². The fourth-order valence-electron chi connectivity index (χ4n) is 1.57. The van der Waals surface area contributed by atoms with Gasteiger partial charge in [0.2, 0.25) is 10.0 Å². The van der Waals surface area contributed by atoms with Gasteiger partial charge in [-0.25, -0.2) is 17.7 Å². The van der Waals surface area contributed by atoms with Crippen molar-refractivity contribution in [2.24, 2.45) is 0 Å². The largest absolute Gasteiger partial charge is 0.339 e. The summed E-state index contributed by atoms with van der Waals surface area (Å²) in [6.45, 7) is 0. The normalized spacial score (nSPS) is 11.5. The van der Waals surface area contributed by atoms with Crippen molar-refractivity contribution in [1.82, 2.24) is 9.29 Å². The Balaban J connectivity index is 2.43. The molecular formula is C13H15N3O2S. The van der Waals surface area contributed by atoms with Gasteiger partial charge in [-0.05, 0) is 24.3 Å². The molecule has 0 spiro atoms. The average molecular weight is 277 g/mol. The highest BCUT2D eigenvalue weighted by Gasteiger charge is 2.20. The minimum absolute atomic E-state index is 0.227. The number of anilines is 2. The molecule has 1 N–H and O–H groups in total. The average Bonchev–Trinajstić information content (AvgIpc) is 2.40. The molecule has 2 rings (SSSR count). The molecule has 0 unspecified atom stereocenters. The van der Waals surface area contributed by atoms with Crippen molar-refractivity contribution >= 4 is 21.5 Å². The van der Waals surface area contributed by atoms with Gasteiger partial charge in [-0.2, -0.15) is 0 Å². The third kappa shape index (κ3) is 2.91. The molecular weight excluding hydrogens is 262 g/mol. The first kappa shape index (κ1) is 13.5. The Bertz CT molecular complexity index is 655.